The van der Waals surface area contributed by atoms with Crippen molar-refractivity contribution in [2.75, 3.05) is 6.54 Å². The lowest BCUT2D eigenvalue weighted by Crippen LogP contribution is -2.33. The van der Waals surface area contributed by atoms with Crippen molar-refractivity contribution in [3.8, 4) is 6.07 Å². The van der Waals surface area contributed by atoms with Gasteiger partial charge in [0.2, 0.25) is 0 Å². The predicted molar refractivity (Wildman–Crippen MR) is 77.5 cm³/mol. The molecule has 1 heterocycles. The van der Waals surface area contributed by atoms with Crippen LogP contribution in [-0.4, -0.2) is 22.5 Å². The fraction of sp³-hybridized carbons (Fsp3) is 0.312. The average molecular weight is 283 g/mol. The number of nitriles is 1. The summed E-state index contributed by atoms with van der Waals surface area (Å²) in [7, 11) is 0. The molecule has 0 fully saturated rings. The standard InChI is InChI=1S/C16H17N3O2/c1-4-19(16(20)15-9-11(2)21-18-15)12(3)14-7-5-13(10-17)6-8-14/h5-9,12H,4H2,1-3H3. The Morgan fingerprint density at radius 2 is 2.10 bits per heavy atom. The van der Waals surface area contributed by atoms with Gasteiger partial charge in [0.25, 0.3) is 5.91 Å². The maximum Gasteiger partial charge on any atom is 0.276 e. The molecule has 108 valence electrons. The highest BCUT2D eigenvalue weighted by Gasteiger charge is 2.23. The molecule has 0 saturated heterocycles. The molecule has 0 spiro atoms. The maximum absolute atomic E-state index is 12.5. The highest BCUT2D eigenvalue weighted by Crippen LogP contribution is 2.22. The Morgan fingerprint density at radius 3 is 2.57 bits per heavy atom. The zero-order valence-corrected chi connectivity index (χ0v) is 12.3. The first-order valence-corrected chi connectivity index (χ1v) is 6.81. The Bertz CT molecular complexity index is 668. The minimum atomic E-state index is -0.161. The van der Waals surface area contributed by atoms with Gasteiger partial charge in [0.15, 0.2) is 5.69 Å². The Hall–Kier alpha value is -2.61. The van der Waals surface area contributed by atoms with E-state index in [2.05, 4.69) is 11.2 Å². The predicted octanol–water partition coefficient (Wildman–Crippen LogP) is 3.08. The van der Waals surface area contributed by atoms with Crippen molar-refractivity contribution in [2.24, 2.45) is 0 Å². The third kappa shape index (κ3) is 3.11. The van der Waals surface area contributed by atoms with Crippen molar-refractivity contribution < 1.29 is 9.32 Å². The topological polar surface area (TPSA) is 70.1 Å². The van der Waals surface area contributed by atoms with Crippen molar-refractivity contribution in [1.82, 2.24) is 10.1 Å². The van der Waals surface area contributed by atoms with E-state index in [0.29, 0.717) is 23.6 Å². The zero-order chi connectivity index (χ0) is 15.4. The lowest BCUT2D eigenvalue weighted by Gasteiger charge is -2.27. The van der Waals surface area contributed by atoms with Crippen LogP contribution in [0.5, 0.6) is 0 Å². The van der Waals surface area contributed by atoms with Crippen LogP contribution in [0.1, 0.15) is 47.3 Å². The van der Waals surface area contributed by atoms with E-state index in [-0.39, 0.29) is 11.9 Å². The summed E-state index contributed by atoms with van der Waals surface area (Å²) < 4.78 is 4.96. The number of rotatable bonds is 4. The number of aryl methyl sites for hydroxylation is 1. The van der Waals surface area contributed by atoms with E-state index < -0.39 is 0 Å². The fourth-order valence-electron chi connectivity index (χ4n) is 2.22. The van der Waals surface area contributed by atoms with Crippen molar-refractivity contribution >= 4 is 5.91 Å². The number of carbonyl (C=O) groups excluding carboxylic acids is 1. The normalized spacial score (nSPS) is 11.7. The molecule has 0 N–H and O–H groups in total. The number of aromatic nitrogens is 1. The number of benzene rings is 1. The van der Waals surface area contributed by atoms with Crippen LogP contribution >= 0.6 is 0 Å². The zero-order valence-electron chi connectivity index (χ0n) is 12.3. The number of carbonyl (C=O) groups is 1. The number of amides is 1. The Kier molecular flexibility index (Phi) is 4.39. The second-order valence-corrected chi connectivity index (χ2v) is 4.82. The molecule has 0 aliphatic rings. The first-order chi connectivity index (χ1) is 10.1. The van der Waals surface area contributed by atoms with E-state index in [0.717, 1.165) is 5.56 Å². The monoisotopic (exact) mass is 283 g/mol. The van der Waals surface area contributed by atoms with Crippen molar-refractivity contribution in [2.45, 2.75) is 26.8 Å². The van der Waals surface area contributed by atoms with Crippen molar-refractivity contribution in [1.29, 1.82) is 5.26 Å². The third-order valence-corrected chi connectivity index (χ3v) is 3.44. The molecule has 2 rings (SSSR count). The van der Waals surface area contributed by atoms with E-state index in [4.69, 9.17) is 9.78 Å². The van der Waals surface area contributed by atoms with Crippen LogP contribution in [0.15, 0.2) is 34.9 Å². The summed E-state index contributed by atoms with van der Waals surface area (Å²) in [5, 5.41) is 12.6. The lowest BCUT2D eigenvalue weighted by atomic mass is 10.0. The van der Waals surface area contributed by atoms with Crippen molar-refractivity contribution in [3.63, 3.8) is 0 Å². The summed E-state index contributed by atoms with van der Waals surface area (Å²) in [6.45, 7) is 6.19. The molecule has 1 amide bonds. The largest absolute Gasteiger partial charge is 0.361 e. The van der Waals surface area contributed by atoms with Crippen molar-refractivity contribution in [3.05, 3.63) is 52.9 Å². The molecule has 0 aliphatic heterocycles. The quantitative estimate of drug-likeness (QED) is 0.864. The molecule has 0 bridgehead atoms. The molecule has 1 atom stereocenters. The molecular weight excluding hydrogens is 266 g/mol. The van der Waals surface area contributed by atoms with Gasteiger partial charge >= 0.3 is 0 Å². The van der Waals surface area contributed by atoms with Gasteiger partial charge in [-0.05, 0) is 38.5 Å². The van der Waals surface area contributed by atoms with E-state index in [9.17, 15) is 4.79 Å². The minimum Gasteiger partial charge on any atom is -0.361 e. The highest BCUT2D eigenvalue weighted by molar-refractivity contribution is 5.92. The van der Waals surface area contributed by atoms with Crippen LogP contribution in [0.3, 0.4) is 0 Å². The van der Waals surface area contributed by atoms with Crippen LogP contribution in [-0.2, 0) is 0 Å². The van der Waals surface area contributed by atoms with E-state index >= 15 is 0 Å². The number of nitrogens with zero attached hydrogens (tertiary/aromatic N) is 3. The average Bonchev–Trinajstić information content (AvgIpc) is 2.94. The van der Waals surface area contributed by atoms with Gasteiger partial charge in [-0.2, -0.15) is 5.26 Å². The molecule has 1 aromatic heterocycles. The fourth-order valence-corrected chi connectivity index (χ4v) is 2.22. The molecule has 0 aliphatic carbocycles. The van der Waals surface area contributed by atoms with Gasteiger partial charge in [-0.25, -0.2) is 0 Å². The summed E-state index contributed by atoms with van der Waals surface area (Å²) in [5.41, 5.74) is 1.90. The molecule has 1 aromatic carbocycles. The first kappa shape index (κ1) is 14.8. The van der Waals surface area contributed by atoms with Gasteiger partial charge in [0.1, 0.15) is 5.76 Å². The Morgan fingerprint density at radius 1 is 1.43 bits per heavy atom. The maximum atomic E-state index is 12.5. The molecule has 0 radical (unpaired) electrons. The molecule has 21 heavy (non-hydrogen) atoms. The smallest absolute Gasteiger partial charge is 0.276 e. The molecule has 5 heteroatoms. The minimum absolute atomic E-state index is 0.104. The van der Waals surface area contributed by atoms with Gasteiger partial charge in [-0.15, -0.1) is 0 Å². The Balaban J connectivity index is 2.23. The van der Waals surface area contributed by atoms with Crippen LogP contribution in [0.4, 0.5) is 0 Å². The van der Waals surface area contributed by atoms with Gasteiger partial charge in [0, 0.05) is 12.6 Å². The van der Waals surface area contributed by atoms with Gasteiger partial charge in [-0.1, -0.05) is 17.3 Å². The summed E-state index contributed by atoms with van der Waals surface area (Å²) in [4.78, 5) is 14.2. The third-order valence-electron chi connectivity index (χ3n) is 3.44. The van der Waals surface area contributed by atoms with E-state index in [1.54, 1.807) is 30.0 Å². The summed E-state index contributed by atoms with van der Waals surface area (Å²) in [6, 6.07) is 10.9. The van der Waals surface area contributed by atoms with Crippen LogP contribution in [0.2, 0.25) is 0 Å². The van der Waals surface area contributed by atoms with Crippen LogP contribution in [0.25, 0.3) is 0 Å². The second-order valence-electron chi connectivity index (χ2n) is 4.82. The van der Waals surface area contributed by atoms with Crippen LogP contribution in [0, 0.1) is 18.3 Å². The number of hydrogen-bond donors (Lipinski definition) is 0. The molecule has 1 unspecified atom stereocenters. The number of hydrogen-bond acceptors (Lipinski definition) is 4. The van der Waals surface area contributed by atoms with E-state index in [1.165, 1.54) is 0 Å². The molecule has 5 nitrogen and oxygen atoms in total. The summed E-state index contributed by atoms with van der Waals surface area (Å²) >= 11 is 0. The van der Waals surface area contributed by atoms with E-state index in [1.807, 2.05) is 26.0 Å². The van der Waals surface area contributed by atoms with Gasteiger partial charge in [0.05, 0.1) is 17.7 Å². The molecular formula is C16H17N3O2. The summed E-state index contributed by atoms with van der Waals surface area (Å²) in [6.07, 6.45) is 0. The Labute approximate surface area is 123 Å². The molecule has 0 saturated carbocycles. The summed E-state index contributed by atoms with van der Waals surface area (Å²) in [5.74, 6) is 0.451. The van der Waals surface area contributed by atoms with Gasteiger partial charge < -0.3 is 9.42 Å². The van der Waals surface area contributed by atoms with Gasteiger partial charge in [-0.3, -0.25) is 4.79 Å². The first-order valence-electron chi connectivity index (χ1n) is 6.81. The van der Waals surface area contributed by atoms with Crippen LogP contribution < -0.4 is 0 Å². The second kappa shape index (κ2) is 6.23. The lowest BCUT2D eigenvalue weighted by molar-refractivity contribution is 0.0691. The SMILES string of the molecule is CCN(C(=O)c1cc(C)on1)C(C)c1ccc(C#N)cc1. The highest BCUT2D eigenvalue weighted by atomic mass is 16.5. The molecule has 2 aromatic rings.